The predicted octanol–water partition coefficient (Wildman–Crippen LogP) is 0.533. The molecule has 1 heterocycles. The van der Waals surface area contributed by atoms with Crippen molar-refractivity contribution in [2.45, 2.75) is 19.0 Å². The second kappa shape index (κ2) is 1.09. The van der Waals surface area contributed by atoms with Crippen molar-refractivity contribution >= 4 is 0 Å². The largest absolute Gasteiger partial charge is 0.305 e. The van der Waals surface area contributed by atoms with Crippen LogP contribution in [0.15, 0.2) is 12.7 Å². The summed E-state index contributed by atoms with van der Waals surface area (Å²) >= 11 is 0. The van der Waals surface area contributed by atoms with Gasteiger partial charge in [-0.05, 0) is 6.92 Å². The summed E-state index contributed by atoms with van der Waals surface area (Å²) in [7, 11) is 0. The second-order valence-corrected chi connectivity index (χ2v) is 1.72. The van der Waals surface area contributed by atoms with Crippen LogP contribution in [0.3, 0.4) is 0 Å². The summed E-state index contributed by atoms with van der Waals surface area (Å²) in [5.74, 6) is 0. The van der Waals surface area contributed by atoms with Gasteiger partial charge in [0, 0.05) is 12.1 Å². The second-order valence-electron chi connectivity index (χ2n) is 1.72. The van der Waals surface area contributed by atoms with Gasteiger partial charge in [-0.2, -0.15) is 0 Å². The molecule has 0 amide bonds. The molecule has 1 fully saturated rings. The minimum absolute atomic E-state index is 0.616. The van der Waals surface area contributed by atoms with Gasteiger partial charge >= 0.3 is 0 Å². The van der Waals surface area contributed by atoms with Crippen molar-refractivity contribution in [3.63, 3.8) is 0 Å². The van der Waals surface area contributed by atoms with E-state index < -0.39 is 0 Å². The molecule has 1 rings (SSSR count). The minimum Gasteiger partial charge on any atom is -0.305 e. The van der Waals surface area contributed by atoms with Gasteiger partial charge in [-0.25, -0.2) is 0 Å². The van der Waals surface area contributed by atoms with Crippen molar-refractivity contribution in [2.24, 2.45) is 0 Å². The van der Waals surface area contributed by atoms with E-state index >= 15 is 0 Å². The van der Waals surface area contributed by atoms with Crippen LogP contribution in [0.4, 0.5) is 0 Å². The van der Waals surface area contributed by atoms with E-state index in [0.29, 0.717) is 12.1 Å². The van der Waals surface area contributed by atoms with Crippen LogP contribution in [0, 0.1) is 0 Å². The Morgan fingerprint density at radius 2 is 2.33 bits per heavy atom. The third-order valence-electron chi connectivity index (χ3n) is 1.14. The highest BCUT2D eigenvalue weighted by Gasteiger charge is 2.26. The first-order chi connectivity index (χ1) is 2.84. The maximum Gasteiger partial charge on any atom is 0.0402 e. The molecule has 0 bridgehead atoms. The van der Waals surface area contributed by atoms with E-state index in [1.165, 1.54) is 0 Å². The van der Waals surface area contributed by atoms with Crippen molar-refractivity contribution in [1.29, 1.82) is 0 Å². The molecule has 0 aromatic rings. The van der Waals surface area contributed by atoms with E-state index in [1.54, 1.807) is 0 Å². The van der Waals surface area contributed by atoms with E-state index in [-0.39, 0.29) is 0 Å². The van der Waals surface area contributed by atoms with E-state index in [9.17, 15) is 0 Å². The third kappa shape index (κ3) is 0.455. The fraction of sp³-hybridized carbons (Fsp3) is 0.600. The molecule has 0 aromatic heterocycles. The number of hydrogen-bond acceptors (Lipinski definition) is 1. The van der Waals surface area contributed by atoms with Crippen LogP contribution in [0.5, 0.6) is 0 Å². The normalized spacial score (nSPS) is 42.2. The van der Waals surface area contributed by atoms with Crippen molar-refractivity contribution in [2.75, 3.05) is 0 Å². The molecule has 1 saturated heterocycles. The molecule has 6 heavy (non-hydrogen) atoms. The van der Waals surface area contributed by atoms with Crippen LogP contribution < -0.4 is 5.32 Å². The first kappa shape index (κ1) is 3.88. The van der Waals surface area contributed by atoms with Gasteiger partial charge in [0.1, 0.15) is 0 Å². The molecule has 0 radical (unpaired) electrons. The zero-order valence-corrected chi connectivity index (χ0v) is 3.94. The number of rotatable bonds is 1. The molecule has 1 heteroatoms. The zero-order valence-electron chi connectivity index (χ0n) is 3.94. The lowest BCUT2D eigenvalue weighted by atomic mass is 10.3. The van der Waals surface area contributed by atoms with E-state index in [0.717, 1.165) is 0 Å². The van der Waals surface area contributed by atoms with Gasteiger partial charge in [0.15, 0.2) is 0 Å². The highest BCUT2D eigenvalue weighted by atomic mass is 15.1. The molecule has 2 atom stereocenters. The molecule has 34 valence electrons. The fourth-order valence-corrected chi connectivity index (χ4v) is 0.520. The summed E-state index contributed by atoms with van der Waals surface area (Å²) in [6.07, 6.45) is 1.94. The summed E-state index contributed by atoms with van der Waals surface area (Å²) in [6.45, 7) is 5.76. The molecule has 1 aliphatic rings. The molecular formula is C5H9N. The van der Waals surface area contributed by atoms with E-state index in [4.69, 9.17) is 0 Å². The Bertz CT molecular complexity index is 68.3. The minimum atomic E-state index is 0.616. The van der Waals surface area contributed by atoms with E-state index in [2.05, 4.69) is 18.8 Å². The van der Waals surface area contributed by atoms with Gasteiger partial charge in [0.2, 0.25) is 0 Å². The maximum absolute atomic E-state index is 3.61. The summed E-state index contributed by atoms with van der Waals surface area (Å²) < 4.78 is 0. The summed E-state index contributed by atoms with van der Waals surface area (Å²) in [5.41, 5.74) is 0. The van der Waals surface area contributed by atoms with Gasteiger partial charge < -0.3 is 5.32 Å². The lowest BCUT2D eigenvalue weighted by molar-refractivity contribution is 1.08. The van der Waals surface area contributed by atoms with Gasteiger partial charge in [-0.3, -0.25) is 0 Å². The average molecular weight is 83.1 g/mol. The van der Waals surface area contributed by atoms with Gasteiger partial charge in [-0.15, -0.1) is 6.58 Å². The van der Waals surface area contributed by atoms with Crippen LogP contribution in [0.1, 0.15) is 6.92 Å². The van der Waals surface area contributed by atoms with Crippen molar-refractivity contribution in [1.82, 2.24) is 5.32 Å². The first-order valence-electron chi connectivity index (χ1n) is 2.23. The Kier molecular flexibility index (Phi) is 0.701. The Balaban J connectivity index is 2.25. The fourth-order valence-electron chi connectivity index (χ4n) is 0.520. The standard InChI is InChI=1S/C5H9N/c1-3-5-4(2)6-5/h3-6H,1H2,2H3/t4-,5+/m0/s1. The monoisotopic (exact) mass is 83.1 g/mol. The van der Waals surface area contributed by atoms with Crippen molar-refractivity contribution in [3.8, 4) is 0 Å². The quantitative estimate of drug-likeness (QED) is 0.362. The number of nitrogens with one attached hydrogen (secondary N) is 1. The lowest BCUT2D eigenvalue weighted by Crippen LogP contribution is -1.78. The Morgan fingerprint density at radius 3 is 2.33 bits per heavy atom. The Morgan fingerprint density at radius 1 is 1.83 bits per heavy atom. The van der Waals surface area contributed by atoms with Gasteiger partial charge in [-0.1, -0.05) is 6.08 Å². The summed E-state index contributed by atoms with van der Waals surface area (Å²) in [5, 5.41) is 3.16. The van der Waals surface area contributed by atoms with Crippen LogP contribution in [0.25, 0.3) is 0 Å². The molecule has 0 saturated carbocycles. The summed E-state index contributed by atoms with van der Waals surface area (Å²) in [4.78, 5) is 0. The van der Waals surface area contributed by atoms with Crippen molar-refractivity contribution in [3.05, 3.63) is 12.7 Å². The molecule has 1 N–H and O–H groups in total. The molecule has 0 aromatic carbocycles. The lowest BCUT2D eigenvalue weighted by Gasteiger charge is -1.67. The highest BCUT2D eigenvalue weighted by Crippen LogP contribution is 2.08. The predicted molar refractivity (Wildman–Crippen MR) is 26.6 cm³/mol. The topological polar surface area (TPSA) is 21.9 Å². The Hall–Kier alpha value is -0.300. The SMILES string of the molecule is C=C[C@H]1N[C@H]1C. The molecule has 1 aliphatic heterocycles. The van der Waals surface area contributed by atoms with Gasteiger partial charge in [0.25, 0.3) is 0 Å². The Labute approximate surface area is 38.1 Å². The molecule has 0 unspecified atom stereocenters. The van der Waals surface area contributed by atoms with Gasteiger partial charge in [0.05, 0.1) is 0 Å². The van der Waals surface area contributed by atoms with Crippen LogP contribution in [-0.4, -0.2) is 12.1 Å². The zero-order chi connectivity index (χ0) is 4.57. The number of hydrogen-bond donors (Lipinski definition) is 1. The van der Waals surface area contributed by atoms with E-state index in [1.807, 2.05) is 6.08 Å². The van der Waals surface area contributed by atoms with Crippen LogP contribution in [-0.2, 0) is 0 Å². The average Bonchev–Trinajstić information content (AvgIpc) is 2.19. The molecule has 0 aliphatic carbocycles. The smallest absolute Gasteiger partial charge is 0.0402 e. The maximum atomic E-state index is 3.61. The highest BCUT2D eigenvalue weighted by molar-refractivity contribution is 5.05. The first-order valence-corrected chi connectivity index (χ1v) is 2.23. The molecule has 1 nitrogen and oxygen atoms in total. The summed E-state index contributed by atoms with van der Waals surface area (Å²) in [6, 6.07) is 1.31. The van der Waals surface area contributed by atoms with Crippen LogP contribution in [0.2, 0.25) is 0 Å². The molecule has 0 spiro atoms. The van der Waals surface area contributed by atoms with Crippen LogP contribution >= 0.6 is 0 Å². The molecular weight excluding hydrogens is 74.1 g/mol. The third-order valence-corrected chi connectivity index (χ3v) is 1.14. The van der Waals surface area contributed by atoms with Crippen molar-refractivity contribution < 1.29 is 0 Å².